The lowest BCUT2D eigenvalue weighted by atomic mass is 9.86. The van der Waals surface area contributed by atoms with Gasteiger partial charge in [0, 0.05) is 19.2 Å². The van der Waals surface area contributed by atoms with E-state index in [0.717, 1.165) is 28.8 Å². The number of benzene rings is 1. The first-order chi connectivity index (χ1) is 14.5. The SMILES string of the molecule is Cc1cnn(C)c1-c1ccc(C(C)NC(=O)C2CCCN2C(=O)C(N)C(C)(C)C)cc1. The fourth-order valence-electron chi connectivity index (χ4n) is 4.14. The van der Waals surface area contributed by atoms with Crippen molar-refractivity contribution in [3.05, 3.63) is 41.6 Å². The zero-order valence-electron chi connectivity index (χ0n) is 19.5. The Balaban J connectivity index is 1.68. The maximum absolute atomic E-state index is 13.0. The summed E-state index contributed by atoms with van der Waals surface area (Å²) in [6.45, 7) is 10.4. The van der Waals surface area contributed by atoms with Crippen LogP contribution in [0.15, 0.2) is 30.5 Å². The van der Waals surface area contributed by atoms with Crippen molar-refractivity contribution in [1.82, 2.24) is 20.0 Å². The van der Waals surface area contributed by atoms with E-state index in [-0.39, 0.29) is 23.3 Å². The lowest BCUT2D eigenvalue weighted by Crippen LogP contribution is -2.55. The van der Waals surface area contributed by atoms with E-state index in [0.29, 0.717) is 13.0 Å². The molecule has 3 atom stereocenters. The summed E-state index contributed by atoms with van der Waals surface area (Å²) < 4.78 is 1.86. The molecule has 1 saturated heterocycles. The van der Waals surface area contributed by atoms with E-state index in [2.05, 4.69) is 22.5 Å². The van der Waals surface area contributed by atoms with Gasteiger partial charge in [-0.15, -0.1) is 0 Å². The number of carbonyl (C=O) groups is 2. The molecule has 1 aromatic carbocycles. The number of carbonyl (C=O) groups excluding carboxylic acids is 2. The van der Waals surface area contributed by atoms with Gasteiger partial charge in [0.25, 0.3) is 0 Å². The highest BCUT2D eigenvalue weighted by molar-refractivity contribution is 5.90. The first kappa shape index (κ1) is 23.0. The van der Waals surface area contributed by atoms with Gasteiger partial charge >= 0.3 is 0 Å². The topological polar surface area (TPSA) is 93.2 Å². The molecule has 0 radical (unpaired) electrons. The summed E-state index contributed by atoms with van der Waals surface area (Å²) >= 11 is 0. The number of aromatic nitrogens is 2. The van der Waals surface area contributed by atoms with Crippen molar-refractivity contribution in [2.24, 2.45) is 18.2 Å². The summed E-state index contributed by atoms with van der Waals surface area (Å²) in [6.07, 6.45) is 3.33. The van der Waals surface area contributed by atoms with Crippen LogP contribution in [0.25, 0.3) is 11.3 Å². The second-order valence-corrected chi connectivity index (χ2v) is 9.69. The van der Waals surface area contributed by atoms with Crippen LogP contribution in [0.3, 0.4) is 0 Å². The molecule has 1 fully saturated rings. The third kappa shape index (κ3) is 4.82. The Morgan fingerprint density at radius 2 is 1.87 bits per heavy atom. The molecular weight excluding hydrogens is 390 g/mol. The minimum absolute atomic E-state index is 0.119. The molecule has 0 aliphatic carbocycles. The Morgan fingerprint density at radius 1 is 1.23 bits per heavy atom. The first-order valence-corrected chi connectivity index (χ1v) is 11.0. The number of amides is 2. The Bertz CT molecular complexity index is 922. The average Bonchev–Trinajstić information content (AvgIpc) is 3.33. The monoisotopic (exact) mass is 425 g/mol. The van der Waals surface area contributed by atoms with Gasteiger partial charge in [-0.05, 0) is 43.2 Å². The third-order valence-electron chi connectivity index (χ3n) is 6.20. The summed E-state index contributed by atoms with van der Waals surface area (Å²) in [6, 6.07) is 6.91. The predicted molar refractivity (Wildman–Crippen MR) is 122 cm³/mol. The highest BCUT2D eigenvalue weighted by Crippen LogP contribution is 2.26. The molecule has 2 aromatic rings. The van der Waals surface area contributed by atoms with Crippen LogP contribution in [-0.4, -0.2) is 45.1 Å². The Labute approximate surface area is 185 Å². The number of nitrogens with zero attached hydrogens (tertiary/aromatic N) is 3. The molecule has 3 unspecified atom stereocenters. The third-order valence-corrected chi connectivity index (χ3v) is 6.20. The molecule has 2 amide bonds. The Kier molecular flexibility index (Phi) is 6.55. The van der Waals surface area contributed by atoms with Gasteiger partial charge in [0.1, 0.15) is 6.04 Å². The zero-order valence-corrected chi connectivity index (χ0v) is 19.5. The molecule has 1 aliphatic heterocycles. The smallest absolute Gasteiger partial charge is 0.243 e. The summed E-state index contributed by atoms with van der Waals surface area (Å²) in [5, 5.41) is 7.39. The number of aryl methyl sites for hydroxylation is 2. The van der Waals surface area contributed by atoms with Gasteiger partial charge in [0.05, 0.1) is 24.0 Å². The summed E-state index contributed by atoms with van der Waals surface area (Å²) in [5.74, 6) is -0.264. The van der Waals surface area contributed by atoms with Crippen LogP contribution >= 0.6 is 0 Å². The van der Waals surface area contributed by atoms with Gasteiger partial charge in [-0.1, -0.05) is 45.0 Å². The molecule has 168 valence electrons. The zero-order chi connectivity index (χ0) is 22.9. The standard InChI is InChI=1S/C24H35N5O2/c1-15-14-26-28(6)20(15)18-11-9-17(10-12-18)16(2)27-22(30)19-8-7-13-29(19)23(31)21(25)24(3,4)5/h9-12,14,16,19,21H,7-8,13,25H2,1-6H3,(H,27,30). The van der Waals surface area contributed by atoms with Crippen molar-refractivity contribution in [3.63, 3.8) is 0 Å². The Morgan fingerprint density at radius 3 is 2.42 bits per heavy atom. The van der Waals surface area contributed by atoms with E-state index < -0.39 is 12.1 Å². The molecule has 0 bridgehead atoms. The molecule has 7 heteroatoms. The number of hydrogen-bond donors (Lipinski definition) is 2. The molecule has 0 spiro atoms. The van der Waals surface area contributed by atoms with Crippen LogP contribution in [0.5, 0.6) is 0 Å². The fourth-order valence-corrected chi connectivity index (χ4v) is 4.14. The lowest BCUT2D eigenvalue weighted by Gasteiger charge is -2.33. The van der Waals surface area contributed by atoms with Gasteiger partial charge in [-0.3, -0.25) is 14.3 Å². The average molecular weight is 426 g/mol. The normalized spacial score (nSPS) is 18.7. The van der Waals surface area contributed by atoms with E-state index >= 15 is 0 Å². The second-order valence-electron chi connectivity index (χ2n) is 9.69. The summed E-state index contributed by atoms with van der Waals surface area (Å²) in [4.78, 5) is 27.5. The molecule has 7 nitrogen and oxygen atoms in total. The molecular formula is C24H35N5O2. The number of hydrogen-bond acceptors (Lipinski definition) is 4. The fraction of sp³-hybridized carbons (Fsp3) is 0.542. The quantitative estimate of drug-likeness (QED) is 0.770. The lowest BCUT2D eigenvalue weighted by molar-refractivity contribution is -0.141. The Hall–Kier alpha value is -2.67. The predicted octanol–water partition coefficient (Wildman–Crippen LogP) is 2.94. The molecule has 2 heterocycles. The summed E-state index contributed by atoms with van der Waals surface area (Å²) in [7, 11) is 1.93. The molecule has 1 aromatic heterocycles. The van der Waals surface area contributed by atoms with Crippen LogP contribution in [0.1, 0.15) is 57.7 Å². The van der Waals surface area contributed by atoms with Crippen molar-refractivity contribution in [3.8, 4) is 11.3 Å². The van der Waals surface area contributed by atoms with Gasteiger partial charge in [-0.25, -0.2) is 0 Å². The molecule has 3 rings (SSSR count). The minimum atomic E-state index is -0.624. The van der Waals surface area contributed by atoms with Crippen molar-refractivity contribution in [2.45, 2.75) is 65.6 Å². The van der Waals surface area contributed by atoms with E-state index in [4.69, 9.17) is 5.73 Å². The summed E-state index contributed by atoms with van der Waals surface area (Å²) in [5.41, 5.74) is 10.1. The first-order valence-electron chi connectivity index (χ1n) is 11.0. The van der Waals surface area contributed by atoms with Crippen LogP contribution < -0.4 is 11.1 Å². The van der Waals surface area contributed by atoms with E-state index in [1.54, 1.807) is 4.90 Å². The van der Waals surface area contributed by atoms with Crippen molar-refractivity contribution in [2.75, 3.05) is 6.54 Å². The molecule has 1 aliphatic rings. The molecule has 31 heavy (non-hydrogen) atoms. The van der Waals surface area contributed by atoms with Crippen molar-refractivity contribution in [1.29, 1.82) is 0 Å². The van der Waals surface area contributed by atoms with Crippen LogP contribution in [0.4, 0.5) is 0 Å². The van der Waals surface area contributed by atoms with E-state index in [1.165, 1.54) is 0 Å². The number of nitrogens with one attached hydrogen (secondary N) is 1. The highest BCUT2D eigenvalue weighted by Gasteiger charge is 2.39. The molecule has 0 saturated carbocycles. The minimum Gasteiger partial charge on any atom is -0.348 e. The van der Waals surface area contributed by atoms with Crippen LogP contribution in [-0.2, 0) is 16.6 Å². The van der Waals surface area contributed by atoms with E-state index in [9.17, 15) is 9.59 Å². The highest BCUT2D eigenvalue weighted by atomic mass is 16.2. The van der Waals surface area contributed by atoms with Crippen molar-refractivity contribution >= 4 is 11.8 Å². The number of nitrogens with two attached hydrogens (primary N) is 1. The van der Waals surface area contributed by atoms with Gasteiger partial charge < -0.3 is 16.0 Å². The van der Waals surface area contributed by atoms with Gasteiger partial charge in [0.2, 0.25) is 11.8 Å². The second kappa shape index (κ2) is 8.83. The largest absolute Gasteiger partial charge is 0.348 e. The number of likely N-dealkylation sites (tertiary alicyclic amines) is 1. The molecule has 3 N–H and O–H groups in total. The van der Waals surface area contributed by atoms with Gasteiger partial charge in [0.15, 0.2) is 0 Å². The van der Waals surface area contributed by atoms with Crippen molar-refractivity contribution < 1.29 is 9.59 Å². The van der Waals surface area contributed by atoms with Crippen LogP contribution in [0.2, 0.25) is 0 Å². The van der Waals surface area contributed by atoms with Crippen LogP contribution in [0, 0.1) is 12.3 Å². The number of rotatable bonds is 5. The maximum Gasteiger partial charge on any atom is 0.243 e. The van der Waals surface area contributed by atoms with E-state index in [1.807, 2.05) is 64.7 Å². The van der Waals surface area contributed by atoms with Gasteiger partial charge in [-0.2, -0.15) is 5.10 Å². The maximum atomic E-state index is 13.0.